The molecule has 1 aromatic carbocycles. The summed E-state index contributed by atoms with van der Waals surface area (Å²) in [6.45, 7) is 1.31. The summed E-state index contributed by atoms with van der Waals surface area (Å²) in [6.07, 6.45) is 7.65. The van der Waals surface area contributed by atoms with E-state index in [2.05, 4.69) is 4.98 Å². The monoisotopic (exact) mass is 312 g/mol. The molecular formula is C16H13ClN4O. The van der Waals surface area contributed by atoms with E-state index in [1.165, 1.54) is 6.08 Å². The lowest BCUT2D eigenvalue weighted by molar-refractivity contribution is 0.301. The Hall–Kier alpha value is -2.76. The number of aryl methyl sites for hydroxylation is 1. The number of halogens is 1. The first-order valence-electron chi connectivity index (χ1n) is 6.63. The highest BCUT2D eigenvalue weighted by molar-refractivity contribution is 6.30. The number of allylic oxidation sites excluding steroid dienone is 1. The van der Waals surface area contributed by atoms with Crippen LogP contribution < -0.4 is 4.74 Å². The van der Waals surface area contributed by atoms with Crippen LogP contribution in [0, 0.1) is 22.7 Å². The molecule has 22 heavy (non-hydrogen) atoms. The van der Waals surface area contributed by atoms with Crippen LogP contribution in [0.1, 0.15) is 12.0 Å². The molecule has 0 fully saturated rings. The van der Waals surface area contributed by atoms with Crippen LogP contribution >= 0.6 is 11.6 Å². The zero-order chi connectivity index (χ0) is 15.8. The molecule has 0 saturated carbocycles. The Labute approximate surface area is 133 Å². The van der Waals surface area contributed by atoms with Gasteiger partial charge in [-0.1, -0.05) is 11.6 Å². The van der Waals surface area contributed by atoms with Gasteiger partial charge in [0.1, 0.15) is 23.5 Å². The molecule has 0 bridgehead atoms. The Kier molecular flexibility index (Phi) is 5.59. The van der Waals surface area contributed by atoms with Crippen molar-refractivity contribution >= 4 is 17.7 Å². The molecule has 1 heterocycles. The molecule has 110 valence electrons. The van der Waals surface area contributed by atoms with Crippen LogP contribution in [-0.2, 0) is 6.54 Å². The van der Waals surface area contributed by atoms with Gasteiger partial charge < -0.3 is 9.30 Å². The van der Waals surface area contributed by atoms with Gasteiger partial charge in [0, 0.05) is 29.5 Å². The van der Waals surface area contributed by atoms with Gasteiger partial charge >= 0.3 is 0 Å². The lowest BCUT2D eigenvalue weighted by atomic mass is 10.1. The van der Waals surface area contributed by atoms with E-state index in [0.717, 1.165) is 13.0 Å². The predicted molar refractivity (Wildman–Crippen MR) is 83.0 cm³/mol. The van der Waals surface area contributed by atoms with E-state index in [1.807, 2.05) is 22.9 Å². The van der Waals surface area contributed by atoms with Gasteiger partial charge in [-0.05, 0) is 30.7 Å². The lowest BCUT2D eigenvalue weighted by Gasteiger charge is -2.10. The average Bonchev–Trinajstić information content (AvgIpc) is 3.04. The van der Waals surface area contributed by atoms with E-state index < -0.39 is 0 Å². The van der Waals surface area contributed by atoms with E-state index in [1.54, 1.807) is 30.7 Å². The maximum atomic E-state index is 8.84. The molecule has 1 aromatic heterocycles. The van der Waals surface area contributed by atoms with Crippen LogP contribution in [0.2, 0.25) is 5.02 Å². The first-order chi connectivity index (χ1) is 10.7. The molecule has 0 saturated heterocycles. The van der Waals surface area contributed by atoms with Gasteiger partial charge in [-0.2, -0.15) is 10.5 Å². The highest BCUT2D eigenvalue weighted by Gasteiger charge is 2.05. The Morgan fingerprint density at radius 3 is 2.86 bits per heavy atom. The molecular weight excluding hydrogens is 300 g/mol. The Morgan fingerprint density at radius 1 is 1.36 bits per heavy atom. The third-order valence-electron chi connectivity index (χ3n) is 2.89. The summed E-state index contributed by atoms with van der Waals surface area (Å²) in [4.78, 5) is 3.97. The van der Waals surface area contributed by atoms with Crippen molar-refractivity contribution in [3.8, 4) is 17.9 Å². The van der Waals surface area contributed by atoms with Gasteiger partial charge in [-0.25, -0.2) is 4.98 Å². The third-order valence-corrected chi connectivity index (χ3v) is 3.13. The van der Waals surface area contributed by atoms with E-state index in [4.69, 9.17) is 26.9 Å². The summed E-state index contributed by atoms with van der Waals surface area (Å²) >= 11 is 5.95. The minimum Gasteiger partial charge on any atom is -0.493 e. The standard InChI is InChI=1S/C16H13ClN4O/c17-15-2-3-16(14(9-15)8-13(10-18)11-19)22-7-1-5-21-6-4-20-12-21/h2-4,6,8-9,12H,1,5,7H2. The fourth-order valence-corrected chi connectivity index (χ4v) is 2.04. The lowest BCUT2D eigenvalue weighted by Crippen LogP contribution is -2.04. The molecule has 2 aromatic rings. The largest absolute Gasteiger partial charge is 0.493 e. The zero-order valence-corrected chi connectivity index (χ0v) is 12.5. The average molecular weight is 313 g/mol. The number of aromatic nitrogens is 2. The molecule has 0 atom stereocenters. The summed E-state index contributed by atoms with van der Waals surface area (Å²) in [5.74, 6) is 0.595. The molecule has 0 spiro atoms. The number of imidazole rings is 1. The Morgan fingerprint density at radius 2 is 2.18 bits per heavy atom. The maximum Gasteiger partial charge on any atom is 0.130 e. The van der Waals surface area contributed by atoms with Gasteiger partial charge in [0.15, 0.2) is 0 Å². The Balaban J connectivity index is 2.02. The van der Waals surface area contributed by atoms with Crippen LogP contribution in [-0.4, -0.2) is 16.2 Å². The maximum absolute atomic E-state index is 8.84. The van der Waals surface area contributed by atoms with Gasteiger partial charge in [0.2, 0.25) is 0 Å². The molecule has 0 aliphatic carbocycles. The second-order valence-corrected chi connectivity index (χ2v) is 4.90. The molecule has 6 heteroatoms. The van der Waals surface area contributed by atoms with Crippen molar-refractivity contribution in [2.45, 2.75) is 13.0 Å². The SMILES string of the molecule is N#CC(C#N)=Cc1cc(Cl)ccc1OCCCn1ccnc1. The van der Waals surface area contributed by atoms with Crippen molar-refractivity contribution in [3.63, 3.8) is 0 Å². The molecule has 0 aliphatic rings. The minimum absolute atomic E-state index is 0.00512. The van der Waals surface area contributed by atoms with E-state index in [-0.39, 0.29) is 5.57 Å². The normalized spacial score (nSPS) is 9.59. The number of hydrogen-bond donors (Lipinski definition) is 0. The van der Waals surface area contributed by atoms with Crippen LogP contribution in [0.25, 0.3) is 6.08 Å². The van der Waals surface area contributed by atoms with Crippen molar-refractivity contribution in [1.82, 2.24) is 9.55 Å². The summed E-state index contributed by atoms with van der Waals surface area (Å²) in [7, 11) is 0. The van der Waals surface area contributed by atoms with Crippen molar-refractivity contribution in [2.75, 3.05) is 6.61 Å². The van der Waals surface area contributed by atoms with Gasteiger partial charge in [0.25, 0.3) is 0 Å². The molecule has 0 radical (unpaired) electrons. The third kappa shape index (κ3) is 4.37. The predicted octanol–water partition coefficient (Wildman–Crippen LogP) is 3.44. The molecule has 0 unspecified atom stereocenters. The van der Waals surface area contributed by atoms with Crippen LogP contribution in [0.5, 0.6) is 5.75 Å². The molecule has 0 amide bonds. The molecule has 2 rings (SSSR count). The van der Waals surface area contributed by atoms with Crippen molar-refractivity contribution in [3.05, 3.63) is 53.1 Å². The molecule has 5 nitrogen and oxygen atoms in total. The highest BCUT2D eigenvalue weighted by Crippen LogP contribution is 2.25. The van der Waals surface area contributed by atoms with E-state index in [9.17, 15) is 0 Å². The number of nitriles is 2. The molecule has 0 aliphatic heterocycles. The number of rotatable bonds is 6. The van der Waals surface area contributed by atoms with Crippen molar-refractivity contribution in [1.29, 1.82) is 10.5 Å². The first kappa shape index (κ1) is 15.6. The topological polar surface area (TPSA) is 74.6 Å². The second kappa shape index (κ2) is 7.87. The summed E-state index contributed by atoms with van der Waals surface area (Å²) in [6, 6.07) is 8.76. The number of hydrogen-bond acceptors (Lipinski definition) is 4. The number of nitrogens with zero attached hydrogens (tertiary/aromatic N) is 4. The zero-order valence-electron chi connectivity index (χ0n) is 11.7. The molecule has 0 N–H and O–H groups in total. The summed E-state index contributed by atoms with van der Waals surface area (Å²) in [5, 5.41) is 18.2. The Bertz CT molecular complexity index is 722. The van der Waals surface area contributed by atoms with E-state index >= 15 is 0 Å². The quantitative estimate of drug-likeness (QED) is 0.605. The van der Waals surface area contributed by atoms with Crippen molar-refractivity contribution < 1.29 is 4.74 Å². The van der Waals surface area contributed by atoms with Crippen LogP contribution in [0.3, 0.4) is 0 Å². The van der Waals surface area contributed by atoms with Crippen LogP contribution in [0.15, 0.2) is 42.5 Å². The smallest absolute Gasteiger partial charge is 0.130 e. The van der Waals surface area contributed by atoms with Gasteiger partial charge in [-0.15, -0.1) is 0 Å². The summed E-state index contributed by atoms with van der Waals surface area (Å²) in [5.41, 5.74) is 0.624. The highest BCUT2D eigenvalue weighted by atomic mass is 35.5. The fraction of sp³-hybridized carbons (Fsp3) is 0.188. The van der Waals surface area contributed by atoms with Gasteiger partial charge in [0.05, 0.1) is 12.9 Å². The fourth-order valence-electron chi connectivity index (χ4n) is 1.86. The van der Waals surface area contributed by atoms with Crippen LogP contribution in [0.4, 0.5) is 0 Å². The second-order valence-electron chi connectivity index (χ2n) is 4.47. The summed E-state index contributed by atoms with van der Waals surface area (Å²) < 4.78 is 7.69. The number of benzene rings is 1. The minimum atomic E-state index is 0.00512. The van der Waals surface area contributed by atoms with E-state index in [0.29, 0.717) is 22.9 Å². The number of ether oxygens (including phenoxy) is 1. The van der Waals surface area contributed by atoms with Gasteiger partial charge in [-0.3, -0.25) is 0 Å². The van der Waals surface area contributed by atoms with Crippen molar-refractivity contribution in [2.24, 2.45) is 0 Å². The first-order valence-corrected chi connectivity index (χ1v) is 7.00.